The van der Waals surface area contributed by atoms with Gasteiger partial charge >= 0.3 is 12.3 Å². The molecule has 0 bridgehead atoms. The average molecular weight is 326 g/mol. The van der Waals surface area contributed by atoms with Gasteiger partial charge in [0, 0.05) is 18.4 Å². The highest BCUT2D eigenvalue weighted by atomic mass is 35.5. The predicted octanol–water partition coefficient (Wildman–Crippen LogP) is 3.12. The fraction of sp³-hybridized carbons (Fsp3) is 0.500. The Morgan fingerprint density at radius 2 is 2.05 bits per heavy atom. The first-order valence-corrected chi connectivity index (χ1v) is 6.54. The summed E-state index contributed by atoms with van der Waals surface area (Å²) in [5.41, 5.74) is 0.385. The first kappa shape index (κ1) is 15.8. The summed E-state index contributed by atoms with van der Waals surface area (Å²) in [4.78, 5) is 8.10. The van der Waals surface area contributed by atoms with Crippen molar-refractivity contribution in [3.8, 4) is 5.88 Å². The van der Waals surface area contributed by atoms with Gasteiger partial charge in [0.1, 0.15) is 11.3 Å². The van der Waals surface area contributed by atoms with E-state index in [9.17, 15) is 17.6 Å². The molecule has 0 radical (unpaired) electrons. The minimum Gasteiger partial charge on any atom is -0.481 e. The SMILES string of the molecule is COc1ccc2nc(CCCl)n(CC(F)(F)C(F)F)c2n1. The van der Waals surface area contributed by atoms with Crippen molar-refractivity contribution in [2.75, 3.05) is 13.0 Å². The Kier molecular flexibility index (Phi) is 4.55. The number of halogens is 5. The van der Waals surface area contributed by atoms with Gasteiger partial charge in [-0.2, -0.15) is 13.8 Å². The third-order valence-electron chi connectivity index (χ3n) is 2.86. The van der Waals surface area contributed by atoms with Gasteiger partial charge < -0.3 is 9.30 Å². The van der Waals surface area contributed by atoms with Crippen LogP contribution in [-0.2, 0) is 13.0 Å². The highest BCUT2D eigenvalue weighted by Crippen LogP contribution is 2.28. The fourth-order valence-electron chi connectivity index (χ4n) is 1.87. The molecule has 0 aliphatic heterocycles. The minimum absolute atomic E-state index is 0.0646. The average Bonchev–Trinajstić information content (AvgIpc) is 2.76. The number of hydrogen-bond donors (Lipinski definition) is 0. The lowest BCUT2D eigenvalue weighted by molar-refractivity contribution is -0.137. The number of rotatable bonds is 6. The Bertz CT molecular complexity index is 632. The predicted molar refractivity (Wildman–Crippen MR) is 69.5 cm³/mol. The van der Waals surface area contributed by atoms with Gasteiger partial charge in [0.25, 0.3) is 0 Å². The van der Waals surface area contributed by atoms with Crippen LogP contribution in [0.5, 0.6) is 5.88 Å². The van der Waals surface area contributed by atoms with Crippen LogP contribution in [0.25, 0.3) is 11.2 Å². The van der Waals surface area contributed by atoms with Gasteiger partial charge in [-0.3, -0.25) is 0 Å². The molecule has 2 rings (SSSR count). The summed E-state index contributed by atoms with van der Waals surface area (Å²) >= 11 is 5.59. The second kappa shape index (κ2) is 6.05. The Labute approximate surface area is 122 Å². The zero-order chi connectivity index (χ0) is 15.6. The van der Waals surface area contributed by atoms with E-state index in [1.54, 1.807) is 0 Å². The molecule has 9 heteroatoms. The number of fused-ring (bicyclic) bond motifs is 1. The molecule has 0 atom stereocenters. The van der Waals surface area contributed by atoms with E-state index >= 15 is 0 Å². The molecule has 2 aromatic rings. The van der Waals surface area contributed by atoms with Gasteiger partial charge in [0.15, 0.2) is 5.65 Å². The van der Waals surface area contributed by atoms with Crippen molar-refractivity contribution in [2.45, 2.75) is 25.3 Å². The Balaban J connectivity index is 2.53. The number of aryl methyl sites for hydroxylation is 1. The van der Waals surface area contributed by atoms with E-state index in [4.69, 9.17) is 16.3 Å². The molecular formula is C12H12ClF4N3O. The number of imidazole rings is 1. The summed E-state index contributed by atoms with van der Waals surface area (Å²) in [5.74, 6) is -3.69. The molecule has 0 unspecified atom stereocenters. The minimum atomic E-state index is -4.18. The molecular weight excluding hydrogens is 314 g/mol. The highest BCUT2D eigenvalue weighted by molar-refractivity contribution is 6.17. The quantitative estimate of drug-likeness (QED) is 0.605. The van der Waals surface area contributed by atoms with E-state index in [2.05, 4.69) is 9.97 Å². The van der Waals surface area contributed by atoms with Crippen LogP contribution < -0.4 is 4.74 Å². The molecule has 0 saturated heterocycles. The van der Waals surface area contributed by atoms with Crippen LogP contribution in [-0.4, -0.2) is 39.9 Å². The Morgan fingerprint density at radius 3 is 2.62 bits per heavy atom. The fourth-order valence-corrected chi connectivity index (χ4v) is 2.04. The van der Waals surface area contributed by atoms with E-state index in [-0.39, 0.29) is 29.7 Å². The van der Waals surface area contributed by atoms with Crippen molar-refractivity contribution >= 4 is 22.8 Å². The number of hydrogen-bond acceptors (Lipinski definition) is 3. The third-order valence-corrected chi connectivity index (χ3v) is 3.05. The van der Waals surface area contributed by atoms with E-state index in [0.29, 0.717) is 5.52 Å². The van der Waals surface area contributed by atoms with Crippen molar-refractivity contribution in [3.63, 3.8) is 0 Å². The smallest absolute Gasteiger partial charge is 0.324 e. The first-order chi connectivity index (χ1) is 9.89. The number of nitrogens with zero attached hydrogens (tertiary/aromatic N) is 3. The number of ether oxygens (including phenoxy) is 1. The van der Waals surface area contributed by atoms with Crippen molar-refractivity contribution < 1.29 is 22.3 Å². The summed E-state index contributed by atoms with van der Waals surface area (Å²) in [7, 11) is 1.36. The molecule has 0 spiro atoms. The lowest BCUT2D eigenvalue weighted by Crippen LogP contribution is -2.33. The zero-order valence-corrected chi connectivity index (χ0v) is 11.7. The molecule has 0 fully saturated rings. The summed E-state index contributed by atoms with van der Waals surface area (Å²) in [5, 5.41) is 0. The largest absolute Gasteiger partial charge is 0.481 e. The lowest BCUT2D eigenvalue weighted by Gasteiger charge is -2.17. The maximum atomic E-state index is 13.3. The first-order valence-electron chi connectivity index (χ1n) is 6.01. The van der Waals surface area contributed by atoms with Crippen molar-refractivity contribution in [3.05, 3.63) is 18.0 Å². The van der Waals surface area contributed by atoms with E-state index in [1.807, 2.05) is 0 Å². The summed E-state index contributed by atoms with van der Waals surface area (Å²) in [6.45, 7) is -1.21. The van der Waals surface area contributed by atoms with E-state index in [1.165, 1.54) is 19.2 Å². The topological polar surface area (TPSA) is 39.9 Å². The van der Waals surface area contributed by atoms with Gasteiger partial charge in [-0.05, 0) is 6.07 Å². The lowest BCUT2D eigenvalue weighted by atomic mass is 10.3. The molecule has 116 valence electrons. The summed E-state index contributed by atoms with van der Waals surface area (Å²) in [6, 6.07) is 3.03. The van der Waals surface area contributed by atoms with Crippen molar-refractivity contribution in [2.24, 2.45) is 0 Å². The summed E-state index contributed by atoms with van der Waals surface area (Å²) < 4.78 is 57.4. The van der Waals surface area contributed by atoms with Gasteiger partial charge in [-0.15, -0.1) is 11.6 Å². The molecule has 21 heavy (non-hydrogen) atoms. The van der Waals surface area contributed by atoms with Crippen LogP contribution >= 0.6 is 11.6 Å². The van der Waals surface area contributed by atoms with Crippen molar-refractivity contribution in [1.29, 1.82) is 0 Å². The van der Waals surface area contributed by atoms with Crippen LogP contribution in [0.1, 0.15) is 5.82 Å². The van der Waals surface area contributed by atoms with E-state index < -0.39 is 18.9 Å². The van der Waals surface area contributed by atoms with Crippen LogP contribution in [0.3, 0.4) is 0 Å². The van der Waals surface area contributed by atoms with Crippen LogP contribution in [0.15, 0.2) is 12.1 Å². The van der Waals surface area contributed by atoms with Crippen LogP contribution in [0.2, 0.25) is 0 Å². The maximum absolute atomic E-state index is 13.3. The standard InChI is InChI=1S/C12H12ClF4N3O/c1-21-9-3-2-7-10(19-9)20(8(18-7)4-5-13)6-12(16,17)11(14)15/h2-3,11H,4-6H2,1H3. The highest BCUT2D eigenvalue weighted by Gasteiger charge is 2.42. The zero-order valence-electron chi connectivity index (χ0n) is 11.0. The molecule has 4 nitrogen and oxygen atoms in total. The molecule has 0 amide bonds. The van der Waals surface area contributed by atoms with Gasteiger partial charge in [0.2, 0.25) is 5.88 Å². The molecule has 0 saturated carbocycles. The molecule has 2 heterocycles. The van der Waals surface area contributed by atoms with Crippen LogP contribution in [0, 0.1) is 0 Å². The second-order valence-electron chi connectivity index (χ2n) is 4.31. The molecule has 2 aromatic heterocycles. The Hall–Kier alpha value is -1.57. The monoisotopic (exact) mass is 325 g/mol. The van der Waals surface area contributed by atoms with Gasteiger partial charge in [-0.1, -0.05) is 0 Å². The summed E-state index contributed by atoms with van der Waals surface area (Å²) in [6.07, 6.45) is -3.61. The molecule has 0 aromatic carbocycles. The number of alkyl halides is 5. The van der Waals surface area contributed by atoms with Crippen molar-refractivity contribution in [1.82, 2.24) is 14.5 Å². The molecule has 0 aliphatic rings. The van der Waals surface area contributed by atoms with E-state index in [0.717, 1.165) is 4.57 Å². The Morgan fingerprint density at radius 1 is 1.33 bits per heavy atom. The number of aromatic nitrogens is 3. The maximum Gasteiger partial charge on any atom is 0.324 e. The molecule has 0 aliphatic carbocycles. The normalized spacial score (nSPS) is 12.3. The second-order valence-corrected chi connectivity index (χ2v) is 4.69. The van der Waals surface area contributed by atoms with Gasteiger partial charge in [0.05, 0.1) is 13.7 Å². The molecule has 0 N–H and O–H groups in total. The van der Waals surface area contributed by atoms with Crippen LogP contribution in [0.4, 0.5) is 17.6 Å². The third kappa shape index (κ3) is 3.20. The number of methoxy groups -OCH3 is 1. The van der Waals surface area contributed by atoms with Gasteiger partial charge in [-0.25, -0.2) is 13.8 Å². The number of pyridine rings is 1.